The fourth-order valence-corrected chi connectivity index (χ4v) is 3.52. The molecule has 1 amide bonds. The maximum Gasteiger partial charge on any atom is 0.261 e. The Labute approximate surface area is 167 Å². The summed E-state index contributed by atoms with van der Waals surface area (Å²) in [6, 6.07) is 15.7. The van der Waals surface area contributed by atoms with E-state index in [1.165, 1.54) is 24.0 Å². The summed E-state index contributed by atoms with van der Waals surface area (Å²) in [5, 5.41) is 3.05. The first-order chi connectivity index (χ1) is 13.7. The summed E-state index contributed by atoms with van der Waals surface area (Å²) in [5.74, 6) is 1.25. The molecule has 5 heteroatoms. The van der Waals surface area contributed by atoms with E-state index in [1.807, 2.05) is 31.2 Å². The number of nitrogens with zero attached hydrogens (tertiary/aromatic N) is 1. The Balaban J connectivity index is 1.59. The molecule has 1 saturated heterocycles. The van der Waals surface area contributed by atoms with Crippen molar-refractivity contribution >= 4 is 5.91 Å². The van der Waals surface area contributed by atoms with Crippen LogP contribution in [0, 0.1) is 0 Å². The third-order valence-corrected chi connectivity index (χ3v) is 5.15. The van der Waals surface area contributed by atoms with Gasteiger partial charge < -0.3 is 14.8 Å². The molecule has 0 aliphatic carbocycles. The van der Waals surface area contributed by atoms with Crippen LogP contribution in [0.3, 0.4) is 0 Å². The summed E-state index contributed by atoms with van der Waals surface area (Å²) in [7, 11) is 1.61. The van der Waals surface area contributed by atoms with Crippen molar-refractivity contribution < 1.29 is 14.3 Å². The standard InChI is InChI=1S/C23H30N2O3/c1-3-22(28-21-12-8-11-20(15-21)27-2)23(26)24-16-18-9-4-5-10-19(18)17-25-13-6-7-14-25/h4-5,8-12,15,22H,3,6-7,13-14,16-17H2,1-2H3,(H,24,26)/t22-/m1/s1. The largest absolute Gasteiger partial charge is 0.497 e. The number of ether oxygens (including phenoxy) is 2. The van der Waals surface area contributed by atoms with Crippen molar-refractivity contribution in [2.75, 3.05) is 20.2 Å². The van der Waals surface area contributed by atoms with Gasteiger partial charge in [-0.25, -0.2) is 0 Å². The monoisotopic (exact) mass is 382 g/mol. The highest BCUT2D eigenvalue weighted by Crippen LogP contribution is 2.21. The van der Waals surface area contributed by atoms with E-state index in [9.17, 15) is 4.79 Å². The number of nitrogens with one attached hydrogen (secondary N) is 1. The molecular formula is C23H30N2O3. The lowest BCUT2D eigenvalue weighted by molar-refractivity contribution is -0.128. The normalized spacial score (nSPS) is 15.2. The second-order valence-electron chi connectivity index (χ2n) is 7.16. The summed E-state index contributed by atoms with van der Waals surface area (Å²) >= 11 is 0. The topological polar surface area (TPSA) is 50.8 Å². The molecule has 0 radical (unpaired) electrons. The van der Waals surface area contributed by atoms with Gasteiger partial charge in [-0.3, -0.25) is 9.69 Å². The number of amides is 1. The molecule has 3 rings (SSSR count). The van der Waals surface area contributed by atoms with Gasteiger partial charge in [-0.05, 0) is 55.6 Å². The zero-order valence-corrected chi connectivity index (χ0v) is 16.8. The number of rotatable bonds is 9. The van der Waals surface area contributed by atoms with Crippen molar-refractivity contribution in [2.24, 2.45) is 0 Å². The Hall–Kier alpha value is -2.53. The lowest BCUT2D eigenvalue weighted by atomic mass is 10.1. The van der Waals surface area contributed by atoms with Crippen LogP contribution in [0.4, 0.5) is 0 Å². The minimum atomic E-state index is -0.530. The van der Waals surface area contributed by atoms with E-state index in [0.29, 0.717) is 24.5 Å². The van der Waals surface area contributed by atoms with Crippen LogP contribution >= 0.6 is 0 Å². The summed E-state index contributed by atoms with van der Waals surface area (Å²) in [6.45, 7) is 5.73. The number of likely N-dealkylation sites (tertiary alicyclic amines) is 1. The van der Waals surface area contributed by atoms with Gasteiger partial charge in [0.1, 0.15) is 11.5 Å². The SMILES string of the molecule is CC[C@@H](Oc1cccc(OC)c1)C(=O)NCc1ccccc1CN1CCCC1. The molecule has 0 spiro atoms. The zero-order chi connectivity index (χ0) is 19.8. The summed E-state index contributed by atoms with van der Waals surface area (Å²) in [5.41, 5.74) is 2.45. The maximum atomic E-state index is 12.7. The first kappa shape index (κ1) is 20.2. The van der Waals surface area contributed by atoms with Crippen LogP contribution in [-0.2, 0) is 17.9 Å². The molecule has 0 aromatic heterocycles. The van der Waals surface area contributed by atoms with Gasteiger partial charge in [-0.15, -0.1) is 0 Å². The van der Waals surface area contributed by atoms with Crippen LogP contribution in [0.2, 0.25) is 0 Å². The van der Waals surface area contributed by atoms with Crippen LogP contribution in [0.5, 0.6) is 11.5 Å². The van der Waals surface area contributed by atoms with Crippen LogP contribution in [0.1, 0.15) is 37.3 Å². The Morgan fingerprint density at radius 2 is 1.79 bits per heavy atom. The van der Waals surface area contributed by atoms with Gasteiger partial charge >= 0.3 is 0 Å². The van der Waals surface area contributed by atoms with Gasteiger partial charge in [0.2, 0.25) is 0 Å². The van der Waals surface area contributed by atoms with Gasteiger partial charge in [0.25, 0.3) is 5.91 Å². The molecule has 5 nitrogen and oxygen atoms in total. The third-order valence-electron chi connectivity index (χ3n) is 5.15. The minimum absolute atomic E-state index is 0.0960. The van der Waals surface area contributed by atoms with Crippen LogP contribution in [0.15, 0.2) is 48.5 Å². The molecule has 2 aromatic rings. The predicted molar refractivity (Wildman–Crippen MR) is 111 cm³/mol. The Morgan fingerprint density at radius 3 is 2.50 bits per heavy atom. The highest BCUT2D eigenvalue weighted by atomic mass is 16.5. The first-order valence-electron chi connectivity index (χ1n) is 10.1. The van der Waals surface area contributed by atoms with E-state index < -0.39 is 6.10 Å². The summed E-state index contributed by atoms with van der Waals surface area (Å²) in [6.07, 6.45) is 2.62. The molecule has 1 atom stereocenters. The average Bonchev–Trinajstić information content (AvgIpc) is 3.24. The fraction of sp³-hybridized carbons (Fsp3) is 0.435. The molecule has 1 aliphatic heterocycles. The number of methoxy groups -OCH3 is 1. The van der Waals surface area contributed by atoms with Crippen molar-refractivity contribution in [2.45, 2.75) is 45.4 Å². The number of benzene rings is 2. The van der Waals surface area contributed by atoms with Crippen molar-refractivity contribution in [3.63, 3.8) is 0 Å². The quantitative estimate of drug-likeness (QED) is 0.717. The van der Waals surface area contributed by atoms with Gasteiger partial charge in [0.05, 0.1) is 7.11 Å². The van der Waals surface area contributed by atoms with Crippen LogP contribution in [0.25, 0.3) is 0 Å². The van der Waals surface area contributed by atoms with E-state index in [0.717, 1.165) is 19.6 Å². The van der Waals surface area contributed by atoms with Gasteiger partial charge in [-0.1, -0.05) is 37.3 Å². The second-order valence-corrected chi connectivity index (χ2v) is 7.16. The molecule has 1 fully saturated rings. The molecule has 1 N–H and O–H groups in total. The van der Waals surface area contributed by atoms with E-state index in [1.54, 1.807) is 13.2 Å². The molecule has 1 aliphatic rings. The van der Waals surface area contributed by atoms with E-state index >= 15 is 0 Å². The van der Waals surface area contributed by atoms with Crippen molar-refractivity contribution in [1.29, 1.82) is 0 Å². The average molecular weight is 383 g/mol. The molecule has 0 saturated carbocycles. The van der Waals surface area contributed by atoms with Gasteiger partial charge in [0.15, 0.2) is 6.10 Å². The molecule has 0 bridgehead atoms. The smallest absolute Gasteiger partial charge is 0.261 e. The van der Waals surface area contributed by atoms with Crippen LogP contribution in [-0.4, -0.2) is 37.1 Å². The molecule has 2 aromatic carbocycles. The van der Waals surface area contributed by atoms with Gasteiger partial charge in [0, 0.05) is 19.2 Å². The maximum absolute atomic E-state index is 12.7. The minimum Gasteiger partial charge on any atom is -0.497 e. The second kappa shape index (κ2) is 10.1. The lowest BCUT2D eigenvalue weighted by Crippen LogP contribution is -2.37. The van der Waals surface area contributed by atoms with E-state index in [2.05, 4.69) is 28.4 Å². The predicted octanol–water partition coefficient (Wildman–Crippen LogP) is 3.76. The Morgan fingerprint density at radius 1 is 1.07 bits per heavy atom. The number of hydrogen-bond acceptors (Lipinski definition) is 4. The molecular weight excluding hydrogens is 352 g/mol. The third kappa shape index (κ3) is 5.49. The van der Waals surface area contributed by atoms with Crippen molar-refractivity contribution in [1.82, 2.24) is 10.2 Å². The van der Waals surface area contributed by atoms with Crippen LogP contribution < -0.4 is 14.8 Å². The lowest BCUT2D eigenvalue weighted by Gasteiger charge is -2.20. The number of hydrogen-bond donors (Lipinski definition) is 1. The summed E-state index contributed by atoms with van der Waals surface area (Å²) in [4.78, 5) is 15.2. The highest BCUT2D eigenvalue weighted by Gasteiger charge is 2.19. The Bertz CT molecular complexity index is 772. The Kier molecular flexibility index (Phi) is 7.31. The van der Waals surface area contributed by atoms with Crippen molar-refractivity contribution in [3.8, 4) is 11.5 Å². The van der Waals surface area contributed by atoms with E-state index in [-0.39, 0.29) is 5.91 Å². The molecule has 1 heterocycles. The number of carbonyl (C=O) groups is 1. The molecule has 0 unspecified atom stereocenters. The molecule has 150 valence electrons. The fourth-order valence-electron chi connectivity index (χ4n) is 3.52. The van der Waals surface area contributed by atoms with Gasteiger partial charge in [-0.2, -0.15) is 0 Å². The number of carbonyl (C=O) groups excluding carboxylic acids is 1. The first-order valence-corrected chi connectivity index (χ1v) is 10.1. The van der Waals surface area contributed by atoms with Crippen molar-refractivity contribution in [3.05, 3.63) is 59.7 Å². The molecule has 28 heavy (non-hydrogen) atoms. The summed E-state index contributed by atoms with van der Waals surface area (Å²) < 4.78 is 11.1. The van der Waals surface area contributed by atoms with E-state index in [4.69, 9.17) is 9.47 Å². The zero-order valence-electron chi connectivity index (χ0n) is 16.8. The highest BCUT2D eigenvalue weighted by molar-refractivity contribution is 5.81.